The molecular weight excluding hydrogens is 470 g/mol. The Balaban J connectivity index is 1.26. The van der Waals surface area contributed by atoms with Gasteiger partial charge < -0.3 is 0 Å². The van der Waals surface area contributed by atoms with Crippen molar-refractivity contribution in [3.63, 3.8) is 0 Å². The predicted octanol–water partition coefficient (Wildman–Crippen LogP) is 4.62. The van der Waals surface area contributed by atoms with Gasteiger partial charge in [-0.1, -0.05) is 6.07 Å². The van der Waals surface area contributed by atoms with Crippen molar-refractivity contribution >= 4 is 44.8 Å². The molecule has 0 atom stereocenters. The number of amides is 2. The number of hydrogen-bond acceptors (Lipinski definition) is 9. The Morgan fingerprint density at radius 2 is 1.15 bits per heavy atom. The molecule has 0 aliphatic carbocycles. The van der Waals surface area contributed by atoms with Gasteiger partial charge in [-0.05, 0) is 36.4 Å². The lowest BCUT2D eigenvalue weighted by molar-refractivity contribution is 0.101. The standard InChI is InChI=1S/C23H15N7O2S2/c31-20(29-22-27-18(12-33-22)14-4-2-8-24-10-14)16-6-1-7-17(26-16)21(32)30-23-28-19(13-34-23)15-5-3-9-25-11-15/h1-13H,(H,27,29,31)(H,28,30,32). The minimum atomic E-state index is -0.463. The SMILES string of the molecule is O=C(Nc1nc(-c2cccnc2)cs1)c1cccc(C(=O)Nc2nc(-c3cccnc3)cs2)n1. The van der Waals surface area contributed by atoms with E-state index >= 15 is 0 Å². The first-order valence-electron chi connectivity index (χ1n) is 9.97. The molecule has 0 aliphatic heterocycles. The summed E-state index contributed by atoms with van der Waals surface area (Å²) in [5.41, 5.74) is 3.32. The first-order chi connectivity index (χ1) is 16.7. The average molecular weight is 486 g/mol. The van der Waals surface area contributed by atoms with Crippen LogP contribution in [0.2, 0.25) is 0 Å². The molecular formula is C23H15N7O2S2. The van der Waals surface area contributed by atoms with Crippen molar-refractivity contribution in [2.75, 3.05) is 10.6 Å². The highest BCUT2D eigenvalue weighted by atomic mass is 32.1. The summed E-state index contributed by atoms with van der Waals surface area (Å²) >= 11 is 2.58. The normalized spacial score (nSPS) is 10.6. The van der Waals surface area contributed by atoms with Crippen molar-refractivity contribution < 1.29 is 9.59 Å². The van der Waals surface area contributed by atoms with Gasteiger partial charge in [0.1, 0.15) is 11.4 Å². The van der Waals surface area contributed by atoms with Crippen molar-refractivity contribution in [1.29, 1.82) is 0 Å². The van der Waals surface area contributed by atoms with E-state index in [0.717, 1.165) is 11.1 Å². The molecule has 2 N–H and O–H groups in total. The van der Waals surface area contributed by atoms with Gasteiger partial charge in [-0.15, -0.1) is 22.7 Å². The second kappa shape index (κ2) is 9.65. The zero-order chi connectivity index (χ0) is 23.3. The van der Waals surface area contributed by atoms with Gasteiger partial charge in [-0.2, -0.15) is 0 Å². The van der Waals surface area contributed by atoms with Crippen LogP contribution in [-0.4, -0.2) is 36.7 Å². The fourth-order valence-electron chi connectivity index (χ4n) is 2.97. The maximum Gasteiger partial charge on any atom is 0.276 e. The third-order valence-corrected chi connectivity index (χ3v) is 6.09. The molecule has 0 saturated carbocycles. The van der Waals surface area contributed by atoms with E-state index < -0.39 is 11.8 Å². The molecule has 0 saturated heterocycles. The summed E-state index contributed by atoms with van der Waals surface area (Å²) in [6.45, 7) is 0. The van der Waals surface area contributed by atoms with Crippen LogP contribution in [0.3, 0.4) is 0 Å². The predicted molar refractivity (Wildman–Crippen MR) is 131 cm³/mol. The summed E-state index contributed by atoms with van der Waals surface area (Å²) in [4.78, 5) is 46.6. The van der Waals surface area contributed by atoms with Gasteiger partial charge in [-0.3, -0.25) is 30.2 Å². The van der Waals surface area contributed by atoms with Gasteiger partial charge in [0.15, 0.2) is 10.3 Å². The van der Waals surface area contributed by atoms with Gasteiger partial charge in [0.2, 0.25) is 0 Å². The summed E-state index contributed by atoms with van der Waals surface area (Å²) in [6, 6.07) is 12.1. The zero-order valence-corrected chi connectivity index (χ0v) is 19.0. The number of aromatic nitrogens is 5. The summed E-state index contributed by atoms with van der Waals surface area (Å²) in [5.74, 6) is -0.926. The molecule has 5 heterocycles. The van der Waals surface area contributed by atoms with Gasteiger partial charge in [-0.25, -0.2) is 15.0 Å². The molecule has 5 aromatic rings. The number of thiazole rings is 2. The number of pyridine rings is 3. The van der Waals surface area contributed by atoms with Crippen molar-refractivity contribution in [3.05, 3.63) is 89.4 Å². The number of carbonyl (C=O) groups is 2. The number of nitrogens with one attached hydrogen (secondary N) is 2. The molecule has 0 spiro atoms. The van der Waals surface area contributed by atoms with Crippen LogP contribution in [0.4, 0.5) is 10.3 Å². The fourth-order valence-corrected chi connectivity index (χ4v) is 4.40. The molecule has 2 amide bonds. The molecule has 9 nitrogen and oxygen atoms in total. The van der Waals surface area contributed by atoms with Crippen LogP contribution in [0.1, 0.15) is 21.0 Å². The molecule has 0 fully saturated rings. The van der Waals surface area contributed by atoms with Gasteiger partial charge >= 0.3 is 0 Å². The van der Waals surface area contributed by atoms with Crippen molar-refractivity contribution in [2.24, 2.45) is 0 Å². The van der Waals surface area contributed by atoms with Gasteiger partial charge in [0, 0.05) is 46.7 Å². The van der Waals surface area contributed by atoms with Gasteiger partial charge in [0.05, 0.1) is 11.4 Å². The lowest BCUT2D eigenvalue weighted by Crippen LogP contribution is -2.18. The first kappa shape index (κ1) is 21.5. The highest BCUT2D eigenvalue weighted by Gasteiger charge is 2.16. The van der Waals surface area contributed by atoms with Crippen molar-refractivity contribution in [3.8, 4) is 22.5 Å². The van der Waals surface area contributed by atoms with E-state index in [4.69, 9.17) is 0 Å². The van der Waals surface area contributed by atoms with Crippen LogP contribution in [0.15, 0.2) is 78.0 Å². The quantitative estimate of drug-likeness (QED) is 0.360. The molecule has 0 unspecified atom stereocenters. The molecule has 5 aromatic heterocycles. The third kappa shape index (κ3) is 4.85. The topological polar surface area (TPSA) is 123 Å². The van der Waals surface area contributed by atoms with E-state index in [1.54, 1.807) is 30.9 Å². The van der Waals surface area contributed by atoms with E-state index in [9.17, 15) is 9.59 Å². The van der Waals surface area contributed by atoms with Crippen LogP contribution >= 0.6 is 22.7 Å². The van der Waals surface area contributed by atoms with E-state index in [2.05, 4.69) is 35.6 Å². The average Bonchev–Trinajstić information content (AvgIpc) is 3.55. The van der Waals surface area contributed by atoms with Crippen molar-refractivity contribution in [1.82, 2.24) is 24.9 Å². The Morgan fingerprint density at radius 1 is 0.647 bits per heavy atom. The van der Waals surface area contributed by atoms with Crippen LogP contribution in [-0.2, 0) is 0 Å². The smallest absolute Gasteiger partial charge is 0.276 e. The van der Waals surface area contributed by atoms with Crippen LogP contribution < -0.4 is 10.6 Å². The lowest BCUT2D eigenvalue weighted by atomic mass is 10.2. The molecule has 0 bridgehead atoms. The van der Waals surface area contributed by atoms with Crippen LogP contribution in [0.5, 0.6) is 0 Å². The molecule has 0 aliphatic rings. The summed E-state index contributed by atoms with van der Waals surface area (Å²) < 4.78 is 0. The summed E-state index contributed by atoms with van der Waals surface area (Å²) in [7, 11) is 0. The number of nitrogens with zero attached hydrogens (tertiary/aromatic N) is 5. The minimum absolute atomic E-state index is 0.0981. The molecule has 34 heavy (non-hydrogen) atoms. The lowest BCUT2D eigenvalue weighted by Gasteiger charge is -2.04. The summed E-state index contributed by atoms with van der Waals surface area (Å²) in [5, 5.41) is 9.95. The second-order valence-corrected chi connectivity index (χ2v) is 8.59. The maximum absolute atomic E-state index is 12.7. The Labute approximate surface area is 201 Å². The number of hydrogen-bond donors (Lipinski definition) is 2. The fraction of sp³-hybridized carbons (Fsp3) is 0. The highest BCUT2D eigenvalue weighted by molar-refractivity contribution is 7.14. The van der Waals surface area contributed by atoms with E-state index in [1.807, 2.05) is 35.0 Å². The van der Waals surface area contributed by atoms with Crippen LogP contribution in [0.25, 0.3) is 22.5 Å². The maximum atomic E-state index is 12.7. The minimum Gasteiger partial charge on any atom is -0.296 e. The first-order valence-corrected chi connectivity index (χ1v) is 11.7. The monoisotopic (exact) mass is 485 g/mol. The third-order valence-electron chi connectivity index (χ3n) is 4.58. The zero-order valence-electron chi connectivity index (χ0n) is 17.4. The Morgan fingerprint density at radius 3 is 1.59 bits per heavy atom. The Hall–Kier alpha value is -4.35. The molecule has 0 aromatic carbocycles. The highest BCUT2D eigenvalue weighted by Crippen LogP contribution is 2.25. The number of anilines is 2. The van der Waals surface area contributed by atoms with Gasteiger partial charge in [0.25, 0.3) is 11.8 Å². The molecule has 166 valence electrons. The van der Waals surface area contributed by atoms with Crippen molar-refractivity contribution in [2.45, 2.75) is 0 Å². The van der Waals surface area contributed by atoms with E-state index in [-0.39, 0.29) is 11.4 Å². The largest absolute Gasteiger partial charge is 0.296 e. The van der Waals surface area contributed by atoms with E-state index in [0.29, 0.717) is 21.7 Å². The second-order valence-electron chi connectivity index (χ2n) is 6.88. The van der Waals surface area contributed by atoms with E-state index in [1.165, 1.54) is 34.8 Å². The molecule has 5 rings (SSSR count). The molecule has 0 radical (unpaired) electrons. The van der Waals surface area contributed by atoms with Crippen LogP contribution in [0, 0.1) is 0 Å². The molecule has 11 heteroatoms. The number of carbonyl (C=O) groups excluding carboxylic acids is 2. The summed E-state index contributed by atoms with van der Waals surface area (Å²) in [6.07, 6.45) is 6.77. The Kier molecular flexibility index (Phi) is 6.10. The number of rotatable bonds is 6. The Bertz CT molecular complexity index is 1350.